The Labute approximate surface area is 185 Å². The van der Waals surface area contributed by atoms with Gasteiger partial charge in [-0.2, -0.15) is 18.2 Å². The fourth-order valence-electron chi connectivity index (χ4n) is 3.62. The third-order valence-corrected chi connectivity index (χ3v) is 5.31. The summed E-state index contributed by atoms with van der Waals surface area (Å²) in [5, 5.41) is 15.1. The minimum absolute atomic E-state index is 0.0966. The lowest BCUT2D eigenvalue weighted by Crippen LogP contribution is -2.49. The molecule has 3 aromatic rings. The number of amides is 1. The molecule has 2 aromatic carbocycles. The summed E-state index contributed by atoms with van der Waals surface area (Å²) < 4.78 is 43.9. The first-order valence-corrected chi connectivity index (χ1v) is 9.94. The normalized spacial score (nSPS) is 14.4. The Morgan fingerprint density at radius 3 is 2.30 bits per heavy atom. The van der Waals surface area contributed by atoms with E-state index in [9.17, 15) is 28.1 Å². The number of carbonyl (C=O) groups is 1. The Morgan fingerprint density at radius 1 is 1.09 bits per heavy atom. The molecule has 2 heterocycles. The standard InChI is InChI=1S/C21H18F3N5O4/c1-13-25-19(33-26-13)14-2-4-15(5-3-14)20(30)28-10-8-27(9-11-28)17-7-6-16(21(22,23)24)12-18(17)29(31)32/h2-7,12H,8-11H2,1H3. The molecular formula is C21H18F3N5O4. The van der Waals surface area contributed by atoms with Crippen molar-refractivity contribution in [2.75, 3.05) is 31.1 Å². The number of benzene rings is 2. The minimum atomic E-state index is -4.67. The van der Waals surface area contributed by atoms with Crippen molar-refractivity contribution in [2.45, 2.75) is 13.1 Å². The first-order chi connectivity index (χ1) is 15.6. The van der Waals surface area contributed by atoms with E-state index in [4.69, 9.17) is 4.52 Å². The van der Waals surface area contributed by atoms with Crippen LogP contribution in [0.5, 0.6) is 0 Å². The molecule has 1 saturated heterocycles. The van der Waals surface area contributed by atoms with Crippen LogP contribution in [0.3, 0.4) is 0 Å². The zero-order valence-electron chi connectivity index (χ0n) is 17.4. The summed E-state index contributed by atoms with van der Waals surface area (Å²) in [7, 11) is 0. The Bertz CT molecular complexity index is 1190. The second kappa shape index (κ2) is 8.52. The van der Waals surface area contributed by atoms with Gasteiger partial charge in [0, 0.05) is 43.4 Å². The number of hydrogen-bond donors (Lipinski definition) is 0. The first-order valence-electron chi connectivity index (χ1n) is 9.94. The van der Waals surface area contributed by atoms with Crippen molar-refractivity contribution in [3.8, 4) is 11.5 Å². The van der Waals surface area contributed by atoms with Crippen LogP contribution in [0, 0.1) is 17.0 Å². The highest BCUT2D eigenvalue weighted by molar-refractivity contribution is 5.94. The van der Waals surface area contributed by atoms with Crippen LogP contribution in [0.15, 0.2) is 47.0 Å². The number of anilines is 1. The molecule has 0 radical (unpaired) electrons. The molecule has 0 bridgehead atoms. The molecule has 1 amide bonds. The fraction of sp³-hybridized carbons (Fsp3) is 0.286. The number of nitro benzene ring substituents is 1. The summed E-state index contributed by atoms with van der Waals surface area (Å²) in [6.45, 7) is 2.72. The van der Waals surface area contributed by atoms with Crippen molar-refractivity contribution < 1.29 is 27.4 Å². The van der Waals surface area contributed by atoms with Crippen molar-refractivity contribution in [3.05, 3.63) is 69.5 Å². The number of piperazine rings is 1. The smallest absolute Gasteiger partial charge is 0.362 e. The van der Waals surface area contributed by atoms with Crippen molar-refractivity contribution in [1.82, 2.24) is 15.0 Å². The quantitative estimate of drug-likeness (QED) is 0.428. The average Bonchev–Trinajstić information content (AvgIpc) is 3.24. The van der Waals surface area contributed by atoms with Crippen molar-refractivity contribution in [1.29, 1.82) is 0 Å². The van der Waals surface area contributed by atoms with Gasteiger partial charge in [0.15, 0.2) is 5.82 Å². The zero-order valence-corrected chi connectivity index (χ0v) is 17.4. The fourth-order valence-corrected chi connectivity index (χ4v) is 3.62. The molecule has 1 aliphatic heterocycles. The maximum Gasteiger partial charge on any atom is 0.416 e. The van der Waals surface area contributed by atoms with Gasteiger partial charge in [-0.15, -0.1) is 0 Å². The summed E-state index contributed by atoms with van der Waals surface area (Å²) >= 11 is 0. The van der Waals surface area contributed by atoms with Crippen LogP contribution < -0.4 is 4.90 Å². The predicted molar refractivity (Wildman–Crippen MR) is 111 cm³/mol. The van der Waals surface area contributed by atoms with E-state index < -0.39 is 22.4 Å². The Morgan fingerprint density at radius 2 is 1.76 bits per heavy atom. The van der Waals surface area contributed by atoms with E-state index in [1.54, 1.807) is 41.0 Å². The number of nitrogens with zero attached hydrogens (tertiary/aromatic N) is 5. The lowest BCUT2D eigenvalue weighted by molar-refractivity contribution is -0.384. The number of carbonyl (C=O) groups excluding carboxylic acids is 1. The highest BCUT2D eigenvalue weighted by Crippen LogP contribution is 2.36. The number of aryl methyl sites for hydroxylation is 1. The average molecular weight is 461 g/mol. The van der Waals surface area contributed by atoms with Crippen LogP contribution in [0.2, 0.25) is 0 Å². The predicted octanol–water partition coefficient (Wildman–Crippen LogP) is 3.93. The number of aromatic nitrogens is 2. The molecule has 1 aliphatic rings. The second-order valence-electron chi connectivity index (χ2n) is 7.46. The van der Waals surface area contributed by atoms with Crippen molar-refractivity contribution in [2.24, 2.45) is 0 Å². The molecule has 9 nitrogen and oxygen atoms in total. The Kier molecular flexibility index (Phi) is 5.75. The monoisotopic (exact) mass is 461 g/mol. The molecule has 0 saturated carbocycles. The first kappa shape index (κ1) is 22.2. The summed E-state index contributed by atoms with van der Waals surface area (Å²) in [4.78, 5) is 30.7. The molecule has 0 spiro atoms. The van der Waals surface area contributed by atoms with Crippen LogP contribution in [0.1, 0.15) is 21.7 Å². The molecule has 0 atom stereocenters. The molecule has 0 unspecified atom stereocenters. The van der Waals surface area contributed by atoms with E-state index in [0.717, 1.165) is 12.1 Å². The largest absolute Gasteiger partial charge is 0.416 e. The van der Waals surface area contributed by atoms with Crippen molar-refractivity contribution >= 4 is 17.3 Å². The summed E-state index contributed by atoms with van der Waals surface area (Å²) in [5.41, 5.74) is -0.475. The van der Waals surface area contributed by atoms with E-state index >= 15 is 0 Å². The number of alkyl halides is 3. The maximum absolute atomic E-state index is 12.9. The summed E-state index contributed by atoms with van der Waals surface area (Å²) in [5.74, 6) is 0.624. The van der Waals surface area contributed by atoms with E-state index in [2.05, 4.69) is 10.1 Å². The van der Waals surface area contributed by atoms with Crippen LogP contribution >= 0.6 is 0 Å². The maximum atomic E-state index is 12.9. The van der Waals surface area contributed by atoms with Gasteiger partial charge < -0.3 is 14.3 Å². The van der Waals surface area contributed by atoms with Crippen LogP contribution in [0.4, 0.5) is 24.5 Å². The lowest BCUT2D eigenvalue weighted by atomic mass is 10.1. The summed E-state index contributed by atoms with van der Waals surface area (Å²) in [6.07, 6.45) is -4.67. The molecule has 172 valence electrons. The zero-order chi connectivity index (χ0) is 23.8. The number of halogens is 3. The molecule has 0 aliphatic carbocycles. The van der Waals surface area contributed by atoms with Gasteiger partial charge >= 0.3 is 6.18 Å². The lowest BCUT2D eigenvalue weighted by Gasteiger charge is -2.36. The molecule has 4 rings (SSSR count). The Hall–Kier alpha value is -3.96. The number of rotatable bonds is 4. The third kappa shape index (κ3) is 4.64. The Balaban J connectivity index is 1.44. The number of hydrogen-bond acceptors (Lipinski definition) is 7. The topological polar surface area (TPSA) is 106 Å². The number of nitro groups is 1. The third-order valence-electron chi connectivity index (χ3n) is 5.31. The van der Waals surface area contributed by atoms with Gasteiger partial charge in [0.2, 0.25) is 0 Å². The molecule has 1 aromatic heterocycles. The van der Waals surface area contributed by atoms with Gasteiger partial charge in [-0.3, -0.25) is 14.9 Å². The molecule has 12 heteroatoms. The van der Waals surface area contributed by atoms with Gasteiger partial charge in [0.25, 0.3) is 17.5 Å². The molecular weight excluding hydrogens is 443 g/mol. The van der Waals surface area contributed by atoms with E-state index in [1.165, 1.54) is 0 Å². The van der Waals surface area contributed by atoms with E-state index in [0.29, 0.717) is 28.9 Å². The van der Waals surface area contributed by atoms with Gasteiger partial charge in [-0.25, -0.2) is 0 Å². The van der Waals surface area contributed by atoms with Gasteiger partial charge in [-0.05, 0) is 43.3 Å². The molecule has 1 fully saturated rings. The highest BCUT2D eigenvalue weighted by atomic mass is 19.4. The molecule has 33 heavy (non-hydrogen) atoms. The summed E-state index contributed by atoms with van der Waals surface area (Å²) in [6, 6.07) is 9.15. The highest BCUT2D eigenvalue weighted by Gasteiger charge is 2.34. The van der Waals surface area contributed by atoms with E-state index in [1.807, 2.05) is 0 Å². The van der Waals surface area contributed by atoms with E-state index in [-0.39, 0.29) is 37.8 Å². The SMILES string of the molecule is Cc1noc(-c2ccc(C(=O)N3CCN(c4ccc(C(F)(F)F)cc4[N+](=O)[O-])CC3)cc2)n1. The van der Waals surface area contributed by atoms with Gasteiger partial charge in [0.1, 0.15) is 5.69 Å². The second-order valence-corrected chi connectivity index (χ2v) is 7.46. The van der Waals surface area contributed by atoms with Crippen LogP contribution in [-0.2, 0) is 6.18 Å². The van der Waals surface area contributed by atoms with Gasteiger partial charge in [-0.1, -0.05) is 5.16 Å². The van der Waals surface area contributed by atoms with Crippen molar-refractivity contribution in [3.63, 3.8) is 0 Å². The van der Waals surface area contributed by atoms with Gasteiger partial charge in [0.05, 0.1) is 10.5 Å². The van der Waals surface area contributed by atoms with Crippen LogP contribution in [-0.4, -0.2) is 52.1 Å². The minimum Gasteiger partial charge on any atom is -0.362 e. The van der Waals surface area contributed by atoms with Crippen LogP contribution in [0.25, 0.3) is 11.5 Å². The molecule has 0 N–H and O–H groups in total.